The number of alkyl carbamates (subject to hydrolysis) is 1. The Labute approximate surface area is 189 Å². The Hall–Kier alpha value is -2.62. The highest BCUT2D eigenvalue weighted by molar-refractivity contribution is 7.89. The maximum Gasteiger partial charge on any atom is 0.407 e. The van der Waals surface area contributed by atoms with Crippen LogP contribution in [0.5, 0.6) is 0 Å². The molecular formula is C22H33N3O6S. The fourth-order valence-electron chi connectivity index (χ4n) is 3.41. The molecule has 1 unspecified atom stereocenters. The molecule has 1 aliphatic heterocycles. The Balaban J connectivity index is 1.82. The summed E-state index contributed by atoms with van der Waals surface area (Å²) >= 11 is 0. The second-order valence-electron chi connectivity index (χ2n) is 9.08. The smallest absolute Gasteiger partial charge is 0.407 e. The van der Waals surface area contributed by atoms with Gasteiger partial charge in [0.15, 0.2) is 9.84 Å². The number of nitrogens with one attached hydrogen (secondary N) is 2. The number of likely N-dealkylation sites (tertiary alicyclic amines) is 1. The first-order valence-corrected chi connectivity index (χ1v) is 12.7. The first-order chi connectivity index (χ1) is 14.8. The maximum atomic E-state index is 12.8. The monoisotopic (exact) mass is 467 g/mol. The van der Waals surface area contributed by atoms with Gasteiger partial charge in [0.05, 0.1) is 11.7 Å². The molecule has 0 aliphatic carbocycles. The maximum absolute atomic E-state index is 12.8. The van der Waals surface area contributed by atoms with Crippen LogP contribution in [0.1, 0.15) is 49.5 Å². The average molecular weight is 468 g/mol. The summed E-state index contributed by atoms with van der Waals surface area (Å²) in [5.41, 5.74) is 0.504. The molecule has 2 N–H and O–H groups in total. The van der Waals surface area contributed by atoms with Gasteiger partial charge in [-0.05, 0) is 51.3 Å². The minimum Gasteiger partial charge on any atom is -0.444 e. The van der Waals surface area contributed by atoms with Crippen molar-refractivity contribution >= 4 is 27.7 Å². The van der Waals surface area contributed by atoms with Crippen molar-refractivity contribution in [1.82, 2.24) is 15.5 Å². The summed E-state index contributed by atoms with van der Waals surface area (Å²) in [6, 6.07) is 6.52. The van der Waals surface area contributed by atoms with E-state index in [0.29, 0.717) is 37.1 Å². The Kier molecular flexibility index (Phi) is 8.65. The van der Waals surface area contributed by atoms with Gasteiger partial charge in [0, 0.05) is 38.0 Å². The van der Waals surface area contributed by atoms with Crippen LogP contribution in [0.25, 0.3) is 0 Å². The van der Waals surface area contributed by atoms with Crippen molar-refractivity contribution in [3.63, 3.8) is 0 Å². The van der Waals surface area contributed by atoms with Crippen molar-refractivity contribution in [2.24, 2.45) is 5.92 Å². The Bertz CT molecular complexity index is 922. The van der Waals surface area contributed by atoms with Gasteiger partial charge in [-0.2, -0.15) is 0 Å². The van der Waals surface area contributed by atoms with E-state index in [-0.39, 0.29) is 36.6 Å². The van der Waals surface area contributed by atoms with Gasteiger partial charge < -0.3 is 20.3 Å². The van der Waals surface area contributed by atoms with E-state index in [4.69, 9.17) is 4.74 Å². The number of carbonyl (C=O) groups is 3. The zero-order valence-corrected chi connectivity index (χ0v) is 20.0. The number of carbonyl (C=O) groups excluding carboxylic acids is 3. The third-order valence-corrected chi connectivity index (χ3v) is 5.66. The molecule has 2 rings (SSSR count). The summed E-state index contributed by atoms with van der Waals surface area (Å²) < 4.78 is 28.0. The van der Waals surface area contributed by atoms with Crippen LogP contribution in [0.3, 0.4) is 0 Å². The highest BCUT2D eigenvalue weighted by Crippen LogP contribution is 2.19. The molecule has 178 valence electrons. The van der Waals surface area contributed by atoms with Gasteiger partial charge in [-0.15, -0.1) is 0 Å². The number of hydrogen-bond acceptors (Lipinski definition) is 6. The molecule has 1 atom stereocenters. The van der Waals surface area contributed by atoms with Gasteiger partial charge in [0.1, 0.15) is 5.60 Å². The first kappa shape index (κ1) is 25.6. The standard InChI is InChI=1S/C22H33N3O6S/c1-22(2,3)31-21(28)24-12-11-23-19(26)18-6-5-13-25(14-18)20(27)17-9-7-16(8-10-17)15-32(4,29)30/h7-10,18H,5-6,11-15H2,1-4H3,(H,23,26)(H,24,28). The van der Waals surface area contributed by atoms with Crippen LogP contribution >= 0.6 is 0 Å². The number of hydrogen-bond donors (Lipinski definition) is 2. The van der Waals surface area contributed by atoms with Crippen LogP contribution < -0.4 is 10.6 Å². The van der Waals surface area contributed by atoms with Crippen molar-refractivity contribution in [2.45, 2.75) is 45.0 Å². The molecule has 1 aromatic carbocycles. The second-order valence-corrected chi connectivity index (χ2v) is 11.2. The summed E-state index contributed by atoms with van der Waals surface area (Å²) in [6.45, 7) is 6.71. The summed E-state index contributed by atoms with van der Waals surface area (Å²) in [5, 5.41) is 5.38. The van der Waals surface area contributed by atoms with Crippen molar-refractivity contribution in [2.75, 3.05) is 32.4 Å². The second kappa shape index (κ2) is 10.8. The molecule has 1 fully saturated rings. The Morgan fingerprint density at radius 3 is 2.31 bits per heavy atom. The van der Waals surface area contributed by atoms with Crippen LogP contribution in [-0.2, 0) is 25.1 Å². The number of piperidine rings is 1. The summed E-state index contributed by atoms with van der Waals surface area (Å²) in [7, 11) is -3.14. The first-order valence-electron chi connectivity index (χ1n) is 10.6. The molecule has 9 nitrogen and oxygen atoms in total. The highest BCUT2D eigenvalue weighted by Gasteiger charge is 2.29. The molecule has 0 spiro atoms. The molecule has 1 aliphatic rings. The van der Waals surface area contributed by atoms with E-state index in [2.05, 4.69) is 10.6 Å². The van der Waals surface area contributed by atoms with Gasteiger partial charge in [0.2, 0.25) is 5.91 Å². The van der Waals surface area contributed by atoms with E-state index in [1.165, 1.54) is 6.26 Å². The topological polar surface area (TPSA) is 122 Å². The number of rotatable bonds is 7. The van der Waals surface area contributed by atoms with E-state index in [0.717, 1.165) is 0 Å². The zero-order chi connectivity index (χ0) is 23.9. The molecule has 0 saturated carbocycles. The molecule has 3 amide bonds. The molecule has 0 aromatic heterocycles. The minimum absolute atomic E-state index is 0.0732. The molecule has 0 bridgehead atoms. The quantitative estimate of drug-likeness (QED) is 0.589. The van der Waals surface area contributed by atoms with Crippen LogP contribution in [0, 0.1) is 5.92 Å². The van der Waals surface area contributed by atoms with Gasteiger partial charge in [-0.1, -0.05) is 12.1 Å². The van der Waals surface area contributed by atoms with Crippen molar-refractivity contribution in [1.29, 1.82) is 0 Å². The molecule has 10 heteroatoms. The van der Waals surface area contributed by atoms with Gasteiger partial charge in [0.25, 0.3) is 5.91 Å². The third-order valence-electron chi connectivity index (χ3n) is 4.80. The SMILES string of the molecule is CC(C)(C)OC(=O)NCCNC(=O)C1CCCN(C(=O)c2ccc(CS(C)(=O)=O)cc2)C1. The third kappa shape index (κ3) is 8.86. The van der Waals surface area contributed by atoms with Gasteiger partial charge >= 0.3 is 6.09 Å². The molecular weight excluding hydrogens is 434 g/mol. The fraction of sp³-hybridized carbons (Fsp3) is 0.591. The lowest BCUT2D eigenvalue weighted by Crippen LogP contribution is -2.46. The molecule has 1 aromatic rings. The molecule has 0 radical (unpaired) electrons. The summed E-state index contributed by atoms with van der Waals surface area (Å²) in [4.78, 5) is 38.6. The largest absolute Gasteiger partial charge is 0.444 e. The Morgan fingerprint density at radius 2 is 1.72 bits per heavy atom. The fourth-order valence-corrected chi connectivity index (χ4v) is 4.21. The predicted molar refractivity (Wildman–Crippen MR) is 121 cm³/mol. The van der Waals surface area contributed by atoms with E-state index < -0.39 is 21.5 Å². The summed E-state index contributed by atoms with van der Waals surface area (Å²) in [6.07, 6.45) is 2.02. The number of ether oxygens (including phenoxy) is 1. The number of sulfone groups is 1. The lowest BCUT2D eigenvalue weighted by atomic mass is 9.96. The molecule has 32 heavy (non-hydrogen) atoms. The van der Waals surface area contributed by atoms with Gasteiger partial charge in [-0.3, -0.25) is 9.59 Å². The predicted octanol–water partition coefficient (Wildman–Crippen LogP) is 1.72. The van der Waals surface area contributed by atoms with Crippen LogP contribution in [0.15, 0.2) is 24.3 Å². The Morgan fingerprint density at radius 1 is 1.09 bits per heavy atom. The average Bonchev–Trinajstić information content (AvgIpc) is 2.68. The lowest BCUT2D eigenvalue weighted by Gasteiger charge is -2.32. The normalized spacial score (nSPS) is 16.9. The van der Waals surface area contributed by atoms with Crippen LogP contribution in [-0.4, -0.2) is 69.3 Å². The van der Waals surface area contributed by atoms with Crippen molar-refractivity contribution in [3.05, 3.63) is 35.4 Å². The van der Waals surface area contributed by atoms with E-state index in [1.807, 2.05) is 0 Å². The van der Waals surface area contributed by atoms with Crippen molar-refractivity contribution < 1.29 is 27.5 Å². The highest BCUT2D eigenvalue weighted by atomic mass is 32.2. The van der Waals surface area contributed by atoms with Crippen molar-refractivity contribution in [3.8, 4) is 0 Å². The molecule has 1 heterocycles. The zero-order valence-electron chi connectivity index (χ0n) is 19.1. The van der Waals surface area contributed by atoms with Crippen LogP contribution in [0.2, 0.25) is 0 Å². The van der Waals surface area contributed by atoms with E-state index in [9.17, 15) is 22.8 Å². The minimum atomic E-state index is -3.14. The lowest BCUT2D eigenvalue weighted by molar-refractivity contribution is -0.126. The van der Waals surface area contributed by atoms with Crippen LogP contribution in [0.4, 0.5) is 4.79 Å². The number of benzene rings is 1. The number of amides is 3. The molecule has 1 saturated heterocycles. The van der Waals surface area contributed by atoms with Gasteiger partial charge in [-0.25, -0.2) is 13.2 Å². The summed E-state index contributed by atoms with van der Waals surface area (Å²) in [5.74, 6) is -0.730. The van der Waals surface area contributed by atoms with E-state index >= 15 is 0 Å². The van der Waals surface area contributed by atoms with E-state index in [1.54, 1.807) is 49.9 Å². The number of nitrogens with zero attached hydrogens (tertiary/aromatic N) is 1.